The van der Waals surface area contributed by atoms with Crippen molar-refractivity contribution in [2.24, 2.45) is 0 Å². The standard InChI is InChI=1S/C16H26N2OS/c1-14(2)17-12-15-13-19-10-8-18(15)9-11-20-16-6-4-3-5-7-16/h3-7,14-15,17H,8-13H2,1-2H3. The molecule has 4 heteroatoms. The van der Waals surface area contributed by atoms with E-state index >= 15 is 0 Å². The molecular weight excluding hydrogens is 268 g/mol. The fraction of sp³-hybridized carbons (Fsp3) is 0.625. The summed E-state index contributed by atoms with van der Waals surface area (Å²) in [7, 11) is 0. The first-order chi connectivity index (χ1) is 9.75. The Morgan fingerprint density at radius 1 is 1.35 bits per heavy atom. The van der Waals surface area contributed by atoms with Crippen LogP contribution < -0.4 is 5.32 Å². The smallest absolute Gasteiger partial charge is 0.0634 e. The minimum absolute atomic E-state index is 0.516. The van der Waals surface area contributed by atoms with Crippen LogP contribution in [0.1, 0.15) is 13.8 Å². The minimum Gasteiger partial charge on any atom is -0.378 e. The van der Waals surface area contributed by atoms with Crippen molar-refractivity contribution in [3.8, 4) is 0 Å². The van der Waals surface area contributed by atoms with Gasteiger partial charge in [-0.3, -0.25) is 4.90 Å². The van der Waals surface area contributed by atoms with Gasteiger partial charge in [0.2, 0.25) is 0 Å². The van der Waals surface area contributed by atoms with Crippen LogP contribution in [0.25, 0.3) is 0 Å². The van der Waals surface area contributed by atoms with Crippen LogP contribution in [0.15, 0.2) is 35.2 Å². The second-order valence-corrected chi connectivity index (χ2v) is 6.66. The fourth-order valence-corrected chi connectivity index (χ4v) is 3.25. The highest BCUT2D eigenvalue weighted by molar-refractivity contribution is 7.99. The molecule has 0 bridgehead atoms. The van der Waals surface area contributed by atoms with Gasteiger partial charge in [0, 0.05) is 42.4 Å². The Labute approximate surface area is 127 Å². The molecule has 1 aromatic carbocycles. The molecular formula is C16H26N2OS. The number of thioether (sulfide) groups is 1. The second kappa shape index (κ2) is 8.67. The average molecular weight is 294 g/mol. The fourth-order valence-electron chi connectivity index (χ4n) is 2.34. The number of nitrogens with zero attached hydrogens (tertiary/aromatic N) is 1. The van der Waals surface area contributed by atoms with E-state index in [0.717, 1.165) is 38.6 Å². The molecule has 0 aliphatic carbocycles. The number of benzene rings is 1. The summed E-state index contributed by atoms with van der Waals surface area (Å²) in [6, 6.07) is 11.7. The third kappa shape index (κ3) is 5.44. The number of hydrogen-bond acceptors (Lipinski definition) is 4. The number of rotatable bonds is 7. The first kappa shape index (κ1) is 15.8. The van der Waals surface area contributed by atoms with E-state index in [0.29, 0.717) is 12.1 Å². The number of hydrogen-bond donors (Lipinski definition) is 1. The van der Waals surface area contributed by atoms with E-state index < -0.39 is 0 Å². The topological polar surface area (TPSA) is 24.5 Å². The van der Waals surface area contributed by atoms with Gasteiger partial charge >= 0.3 is 0 Å². The lowest BCUT2D eigenvalue weighted by atomic mass is 10.2. The molecule has 0 saturated carbocycles. The van der Waals surface area contributed by atoms with Gasteiger partial charge in [-0.05, 0) is 12.1 Å². The molecule has 0 amide bonds. The maximum atomic E-state index is 5.62. The Morgan fingerprint density at radius 3 is 2.90 bits per heavy atom. The molecule has 1 N–H and O–H groups in total. The maximum absolute atomic E-state index is 5.62. The molecule has 1 aliphatic rings. The summed E-state index contributed by atoms with van der Waals surface area (Å²) >= 11 is 1.94. The van der Waals surface area contributed by atoms with Crippen LogP contribution >= 0.6 is 11.8 Å². The summed E-state index contributed by atoms with van der Waals surface area (Å²) in [6.45, 7) is 9.32. The van der Waals surface area contributed by atoms with Gasteiger partial charge in [0.25, 0.3) is 0 Å². The van der Waals surface area contributed by atoms with Crippen molar-refractivity contribution in [2.75, 3.05) is 38.6 Å². The highest BCUT2D eigenvalue weighted by Gasteiger charge is 2.22. The largest absolute Gasteiger partial charge is 0.378 e. The van der Waals surface area contributed by atoms with E-state index in [4.69, 9.17) is 4.74 Å². The number of nitrogens with one attached hydrogen (secondary N) is 1. The summed E-state index contributed by atoms with van der Waals surface area (Å²) in [4.78, 5) is 3.92. The maximum Gasteiger partial charge on any atom is 0.0634 e. The van der Waals surface area contributed by atoms with Crippen molar-refractivity contribution in [3.63, 3.8) is 0 Å². The highest BCUT2D eigenvalue weighted by Crippen LogP contribution is 2.18. The molecule has 112 valence electrons. The Morgan fingerprint density at radius 2 is 2.15 bits per heavy atom. The second-order valence-electron chi connectivity index (χ2n) is 5.49. The van der Waals surface area contributed by atoms with E-state index in [1.165, 1.54) is 4.90 Å². The Bertz CT molecular complexity index is 372. The van der Waals surface area contributed by atoms with Crippen LogP contribution in [0.5, 0.6) is 0 Å². The zero-order valence-electron chi connectivity index (χ0n) is 12.5. The summed E-state index contributed by atoms with van der Waals surface area (Å²) in [6.07, 6.45) is 0. The molecule has 1 fully saturated rings. The van der Waals surface area contributed by atoms with Gasteiger partial charge in [0.1, 0.15) is 0 Å². The van der Waals surface area contributed by atoms with E-state index in [1.54, 1.807) is 0 Å². The quantitative estimate of drug-likeness (QED) is 0.781. The Hall–Kier alpha value is -0.550. The first-order valence-electron chi connectivity index (χ1n) is 7.48. The van der Waals surface area contributed by atoms with E-state index in [9.17, 15) is 0 Å². The predicted molar refractivity (Wildman–Crippen MR) is 86.5 cm³/mol. The summed E-state index contributed by atoms with van der Waals surface area (Å²) in [5.74, 6) is 1.14. The third-order valence-electron chi connectivity index (χ3n) is 3.50. The molecule has 1 heterocycles. The van der Waals surface area contributed by atoms with Crippen molar-refractivity contribution in [2.45, 2.75) is 30.8 Å². The van der Waals surface area contributed by atoms with Gasteiger partial charge in [-0.1, -0.05) is 32.0 Å². The molecule has 0 aromatic heterocycles. The molecule has 0 radical (unpaired) electrons. The molecule has 20 heavy (non-hydrogen) atoms. The Balaban J connectivity index is 1.74. The SMILES string of the molecule is CC(C)NCC1COCCN1CCSc1ccccc1. The third-order valence-corrected chi connectivity index (χ3v) is 4.49. The van der Waals surface area contributed by atoms with Crippen molar-refractivity contribution in [3.05, 3.63) is 30.3 Å². The van der Waals surface area contributed by atoms with Crippen LogP contribution in [0.2, 0.25) is 0 Å². The molecule has 1 saturated heterocycles. The number of ether oxygens (including phenoxy) is 1. The zero-order chi connectivity index (χ0) is 14.2. The Kier molecular flexibility index (Phi) is 6.87. The molecule has 3 nitrogen and oxygen atoms in total. The van der Waals surface area contributed by atoms with Crippen LogP contribution in [0.3, 0.4) is 0 Å². The van der Waals surface area contributed by atoms with Gasteiger partial charge in [-0.25, -0.2) is 0 Å². The van der Waals surface area contributed by atoms with E-state index in [1.807, 2.05) is 11.8 Å². The van der Waals surface area contributed by atoms with Crippen molar-refractivity contribution in [1.29, 1.82) is 0 Å². The average Bonchev–Trinajstić information content (AvgIpc) is 2.47. The van der Waals surface area contributed by atoms with Crippen molar-refractivity contribution in [1.82, 2.24) is 10.2 Å². The van der Waals surface area contributed by atoms with E-state index in [2.05, 4.69) is 54.4 Å². The first-order valence-corrected chi connectivity index (χ1v) is 8.47. The van der Waals surface area contributed by atoms with Crippen molar-refractivity contribution >= 4 is 11.8 Å². The van der Waals surface area contributed by atoms with Crippen LogP contribution in [-0.4, -0.2) is 55.6 Å². The van der Waals surface area contributed by atoms with Gasteiger partial charge in [-0.2, -0.15) is 0 Å². The predicted octanol–water partition coefficient (Wildman–Crippen LogP) is 2.48. The lowest BCUT2D eigenvalue weighted by Crippen LogP contribution is -2.51. The minimum atomic E-state index is 0.516. The summed E-state index contributed by atoms with van der Waals surface area (Å²) in [5, 5.41) is 3.52. The monoisotopic (exact) mass is 294 g/mol. The van der Waals surface area contributed by atoms with Gasteiger partial charge < -0.3 is 10.1 Å². The normalized spacial score (nSPS) is 20.4. The van der Waals surface area contributed by atoms with Crippen LogP contribution in [0.4, 0.5) is 0 Å². The van der Waals surface area contributed by atoms with Crippen molar-refractivity contribution < 1.29 is 4.74 Å². The van der Waals surface area contributed by atoms with Gasteiger partial charge in [0.15, 0.2) is 0 Å². The highest BCUT2D eigenvalue weighted by atomic mass is 32.2. The van der Waals surface area contributed by atoms with Crippen LogP contribution in [0, 0.1) is 0 Å². The molecule has 1 aromatic rings. The molecule has 1 unspecified atom stereocenters. The number of morpholine rings is 1. The molecule has 1 atom stereocenters. The molecule has 0 spiro atoms. The van der Waals surface area contributed by atoms with Crippen LogP contribution in [-0.2, 0) is 4.74 Å². The van der Waals surface area contributed by atoms with Gasteiger partial charge in [-0.15, -0.1) is 11.8 Å². The lowest BCUT2D eigenvalue weighted by Gasteiger charge is -2.36. The zero-order valence-corrected chi connectivity index (χ0v) is 13.4. The lowest BCUT2D eigenvalue weighted by molar-refractivity contribution is -0.00414. The van der Waals surface area contributed by atoms with E-state index in [-0.39, 0.29) is 0 Å². The molecule has 2 rings (SSSR count). The summed E-state index contributed by atoms with van der Waals surface area (Å²) in [5.41, 5.74) is 0. The molecule has 1 aliphatic heterocycles. The van der Waals surface area contributed by atoms with Gasteiger partial charge in [0.05, 0.1) is 13.2 Å². The summed E-state index contributed by atoms with van der Waals surface area (Å²) < 4.78 is 5.62.